The molecule has 3 aromatic rings. The molecule has 0 aliphatic rings. The van der Waals surface area contributed by atoms with Crippen molar-refractivity contribution in [3.63, 3.8) is 0 Å². The topological polar surface area (TPSA) is 129 Å². The average Bonchev–Trinajstić information content (AvgIpc) is 2.88. The van der Waals surface area contributed by atoms with Crippen molar-refractivity contribution in [2.24, 2.45) is 0 Å². The number of carbonyl (C=O) groups is 3. The number of hydrogen-bond donors (Lipinski definition) is 3. The maximum absolute atomic E-state index is 14.5. The van der Waals surface area contributed by atoms with Crippen LogP contribution in [0.5, 0.6) is 5.75 Å². The Morgan fingerprint density at radius 1 is 1.05 bits per heavy atom. The maximum atomic E-state index is 14.5. The first-order valence-electron chi connectivity index (χ1n) is 10.7. The number of rotatable bonds is 9. The molecule has 0 radical (unpaired) electrons. The summed E-state index contributed by atoms with van der Waals surface area (Å²) < 4.78 is 33.8. The molecule has 3 N–H and O–H groups in total. The van der Waals surface area contributed by atoms with Gasteiger partial charge in [0.25, 0.3) is 5.91 Å². The minimum atomic E-state index is -1.40. The summed E-state index contributed by atoms with van der Waals surface area (Å²) in [5.74, 6) is -4.63. The monoisotopic (exact) mass is 527 g/mol. The van der Waals surface area contributed by atoms with E-state index in [1.807, 2.05) is 0 Å². The summed E-state index contributed by atoms with van der Waals surface area (Å²) in [6, 6.07) is 12.3. The van der Waals surface area contributed by atoms with Gasteiger partial charge in [0.05, 0.1) is 18.7 Å². The summed E-state index contributed by atoms with van der Waals surface area (Å²) in [6.45, 7) is -0.371. The summed E-state index contributed by atoms with van der Waals surface area (Å²) in [5.41, 5.74) is 0.679. The Morgan fingerprint density at radius 3 is 2.24 bits per heavy atom. The minimum absolute atomic E-state index is 0.0328. The third kappa shape index (κ3) is 6.59. The van der Waals surface area contributed by atoms with Crippen molar-refractivity contribution in [1.29, 1.82) is 5.26 Å². The van der Waals surface area contributed by atoms with Gasteiger partial charge in [0.2, 0.25) is 5.91 Å². The van der Waals surface area contributed by atoms with Gasteiger partial charge in [0.15, 0.2) is 0 Å². The molecule has 0 saturated heterocycles. The standard InChI is InChI=1S/C26H20ClF2N3O5/c1-37-17-11-21(28)19(22(29)12-17)13-23(25(34)31-9-8-30)32-24(33)15-4-2-14(3-5-15)18-10-16(26(35)36)6-7-20(18)27/h2-7,10-12,23H,9,13H2,1H3,(H,31,34)(H,32,33)(H,35,36)/t23-/m0/s1. The summed E-state index contributed by atoms with van der Waals surface area (Å²) in [6.07, 6.45) is -0.527. The van der Waals surface area contributed by atoms with E-state index < -0.39 is 47.4 Å². The maximum Gasteiger partial charge on any atom is 0.335 e. The number of carboxylic acids is 1. The van der Waals surface area contributed by atoms with Gasteiger partial charge in [-0.15, -0.1) is 0 Å². The van der Waals surface area contributed by atoms with Crippen molar-refractivity contribution >= 4 is 29.4 Å². The first kappa shape index (κ1) is 27.1. The van der Waals surface area contributed by atoms with Crippen LogP contribution >= 0.6 is 11.6 Å². The lowest BCUT2D eigenvalue weighted by molar-refractivity contribution is -0.122. The lowest BCUT2D eigenvalue weighted by atomic mass is 10.0. The number of hydrogen-bond acceptors (Lipinski definition) is 5. The van der Waals surface area contributed by atoms with Gasteiger partial charge in [-0.2, -0.15) is 5.26 Å². The molecular weight excluding hydrogens is 508 g/mol. The van der Waals surface area contributed by atoms with Crippen LogP contribution in [0.4, 0.5) is 8.78 Å². The molecule has 0 bridgehead atoms. The average molecular weight is 528 g/mol. The molecule has 8 nitrogen and oxygen atoms in total. The van der Waals surface area contributed by atoms with Gasteiger partial charge in [0, 0.05) is 40.3 Å². The van der Waals surface area contributed by atoms with Crippen molar-refractivity contribution in [2.75, 3.05) is 13.7 Å². The molecule has 0 aliphatic carbocycles. The largest absolute Gasteiger partial charge is 0.497 e. The third-order valence-corrected chi connectivity index (χ3v) is 5.72. The van der Waals surface area contributed by atoms with Crippen LogP contribution in [-0.2, 0) is 11.2 Å². The lowest BCUT2D eigenvalue weighted by Crippen LogP contribution is -2.48. The molecule has 37 heavy (non-hydrogen) atoms. The minimum Gasteiger partial charge on any atom is -0.497 e. The fraction of sp³-hybridized carbons (Fsp3) is 0.154. The van der Waals surface area contributed by atoms with Crippen LogP contribution in [0.25, 0.3) is 11.1 Å². The van der Waals surface area contributed by atoms with Gasteiger partial charge in [0.1, 0.15) is 30.0 Å². The number of amides is 2. The number of methoxy groups -OCH3 is 1. The summed E-state index contributed by atoms with van der Waals surface area (Å²) >= 11 is 6.20. The normalized spacial score (nSPS) is 11.2. The molecule has 3 rings (SSSR count). The fourth-order valence-corrected chi connectivity index (χ4v) is 3.70. The van der Waals surface area contributed by atoms with E-state index >= 15 is 0 Å². The molecule has 0 unspecified atom stereocenters. The van der Waals surface area contributed by atoms with Crippen molar-refractivity contribution in [1.82, 2.24) is 10.6 Å². The van der Waals surface area contributed by atoms with Crippen LogP contribution in [0.1, 0.15) is 26.3 Å². The number of aromatic carboxylic acids is 1. The molecule has 3 aromatic carbocycles. The summed E-state index contributed by atoms with van der Waals surface area (Å²) in [5, 5.41) is 23.0. The molecule has 190 valence electrons. The van der Waals surface area contributed by atoms with E-state index in [1.165, 1.54) is 49.6 Å². The predicted octanol–water partition coefficient (Wildman–Crippen LogP) is 3.97. The zero-order chi connectivity index (χ0) is 27.1. The molecule has 0 aromatic heterocycles. The van der Waals surface area contributed by atoms with Crippen LogP contribution in [0, 0.1) is 23.0 Å². The second-order valence-corrected chi connectivity index (χ2v) is 8.16. The van der Waals surface area contributed by atoms with Crippen molar-refractivity contribution in [3.05, 3.63) is 87.9 Å². The molecule has 0 spiro atoms. The molecule has 0 heterocycles. The fourth-order valence-electron chi connectivity index (χ4n) is 3.48. The molecule has 11 heteroatoms. The molecule has 2 amide bonds. The van der Waals surface area contributed by atoms with Crippen molar-refractivity contribution < 1.29 is 33.0 Å². The smallest absolute Gasteiger partial charge is 0.335 e. The van der Waals surface area contributed by atoms with Gasteiger partial charge in [-0.05, 0) is 35.9 Å². The van der Waals surface area contributed by atoms with Gasteiger partial charge in [-0.25, -0.2) is 13.6 Å². The van der Waals surface area contributed by atoms with E-state index in [9.17, 15) is 28.3 Å². The van der Waals surface area contributed by atoms with Crippen LogP contribution in [0.2, 0.25) is 5.02 Å². The van der Waals surface area contributed by atoms with Crippen LogP contribution in [0.15, 0.2) is 54.6 Å². The number of nitrogens with zero attached hydrogens (tertiary/aromatic N) is 1. The molecular formula is C26H20ClF2N3O5. The molecule has 0 fully saturated rings. The van der Waals surface area contributed by atoms with Gasteiger partial charge in [-0.3, -0.25) is 9.59 Å². The lowest BCUT2D eigenvalue weighted by Gasteiger charge is -2.19. The second kappa shape index (κ2) is 12.0. The number of ether oxygens (including phenoxy) is 1. The zero-order valence-corrected chi connectivity index (χ0v) is 20.1. The first-order chi connectivity index (χ1) is 17.6. The number of carbonyl (C=O) groups excluding carboxylic acids is 2. The van der Waals surface area contributed by atoms with Gasteiger partial charge < -0.3 is 20.5 Å². The first-order valence-corrected chi connectivity index (χ1v) is 11.1. The Morgan fingerprint density at radius 2 is 1.68 bits per heavy atom. The van der Waals surface area contributed by atoms with E-state index in [-0.39, 0.29) is 23.4 Å². The van der Waals surface area contributed by atoms with E-state index in [0.29, 0.717) is 16.1 Å². The van der Waals surface area contributed by atoms with E-state index in [0.717, 1.165) is 12.1 Å². The zero-order valence-electron chi connectivity index (χ0n) is 19.3. The Labute approximate surface area is 215 Å². The Balaban J connectivity index is 1.85. The van der Waals surface area contributed by atoms with Crippen molar-refractivity contribution in [3.8, 4) is 22.9 Å². The SMILES string of the molecule is COc1cc(F)c(C[C@H](NC(=O)c2ccc(-c3cc(C(=O)O)ccc3Cl)cc2)C(=O)NCC#N)c(F)c1. The Hall–Kier alpha value is -4.49. The quantitative estimate of drug-likeness (QED) is 0.361. The second-order valence-electron chi connectivity index (χ2n) is 7.75. The Kier molecular flexibility index (Phi) is 8.77. The highest BCUT2D eigenvalue weighted by atomic mass is 35.5. The van der Waals surface area contributed by atoms with Gasteiger partial charge in [-0.1, -0.05) is 23.7 Å². The van der Waals surface area contributed by atoms with Crippen LogP contribution in [0.3, 0.4) is 0 Å². The number of benzene rings is 3. The van der Waals surface area contributed by atoms with Crippen LogP contribution in [-0.4, -0.2) is 42.6 Å². The third-order valence-electron chi connectivity index (χ3n) is 5.39. The number of halogens is 3. The summed E-state index contributed by atoms with van der Waals surface area (Å²) in [4.78, 5) is 36.7. The number of carboxylic acid groups (broad SMARTS) is 1. The Bertz CT molecular complexity index is 1370. The summed E-state index contributed by atoms with van der Waals surface area (Å²) in [7, 11) is 1.24. The molecule has 0 saturated carbocycles. The number of nitriles is 1. The van der Waals surface area contributed by atoms with Gasteiger partial charge >= 0.3 is 5.97 Å². The molecule has 0 aliphatic heterocycles. The van der Waals surface area contributed by atoms with E-state index in [4.69, 9.17) is 21.6 Å². The molecule has 1 atom stereocenters. The van der Waals surface area contributed by atoms with Crippen molar-refractivity contribution in [2.45, 2.75) is 12.5 Å². The highest BCUT2D eigenvalue weighted by molar-refractivity contribution is 6.33. The highest BCUT2D eigenvalue weighted by Crippen LogP contribution is 2.29. The van der Waals surface area contributed by atoms with E-state index in [2.05, 4.69) is 10.6 Å². The number of nitrogens with one attached hydrogen (secondary N) is 2. The highest BCUT2D eigenvalue weighted by Gasteiger charge is 2.25. The predicted molar refractivity (Wildman–Crippen MR) is 130 cm³/mol. The van der Waals surface area contributed by atoms with Crippen LogP contribution < -0.4 is 15.4 Å². The van der Waals surface area contributed by atoms with E-state index in [1.54, 1.807) is 6.07 Å².